The van der Waals surface area contributed by atoms with Gasteiger partial charge in [0.25, 0.3) is 5.91 Å². The molecular weight excluding hydrogens is 390 g/mol. The van der Waals surface area contributed by atoms with Gasteiger partial charge in [-0.3, -0.25) is 4.79 Å². The highest BCUT2D eigenvalue weighted by Crippen LogP contribution is 2.26. The van der Waals surface area contributed by atoms with E-state index >= 15 is 0 Å². The number of aryl methyl sites for hydroxylation is 1. The Morgan fingerprint density at radius 1 is 1.25 bits per heavy atom. The van der Waals surface area contributed by atoms with Crippen LogP contribution in [0.15, 0.2) is 40.9 Å². The fraction of sp³-hybridized carbons (Fsp3) is 0.316. The van der Waals surface area contributed by atoms with Gasteiger partial charge in [0.15, 0.2) is 0 Å². The molecule has 0 aliphatic heterocycles. The minimum Gasteiger partial charge on any atom is -0.493 e. The van der Waals surface area contributed by atoms with Crippen molar-refractivity contribution in [1.29, 1.82) is 0 Å². The first-order valence-electron chi connectivity index (χ1n) is 7.86. The predicted molar refractivity (Wildman–Crippen MR) is 103 cm³/mol. The summed E-state index contributed by atoms with van der Waals surface area (Å²) in [5.74, 6) is 0.907. The molecule has 128 valence electrons. The third kappa shape index (κ3) is 5.25. The van der Waals surface area contributed by atoms with Crippen molar-refractivity contribution < 1.29 is 9.53 Å². The Hall–Kier alpha value is -1.52. The first-order chi connectivity index (χ1) is 11.4. The molecular formula is C19H21BrClNO2. The Labute approximate surface area is 156 Å². The maximum atomic E-state index is 12.7. The molecule has 0 aromatic heterocycles. The molecule has 0 radical (unpaired) electrons. The normalized spacial score (nSPS) is 10.8. The molecule has 2 aromatic rings. The van der Waals surface area contributed by atoms with Crippen molar-refractivity contribution in [3.8, 4) is 5.75 Å². The number of carbonyl (C=O) groups excluding carboxylic acids is 1. The molecule has 5 heteroatoms. The monoisotopic (exact) mass is 409 g/mol. The first-order valence-corrected chi connectivity index (χ1v) is 9.03. The van der Waals surface area contributed by atoms with Crippen molar-refractivity contribution in [1.82, 2.24) is 0 Å². The molecule has 2 aromatic carbocycles. The van der Waals surface area contributed by atoms with E-state index in [-0.39, 0.29) is 5.91 Å². The van der Waals surface area contributed by atoms with Crippen LogP contribution >= 0.6 is 27.5 Å². The molecule has 0 bridgehead atoms. The van der Waals surface area contributed by atoms with E-state index in [1.807, 2.05) is 25.1 Å². The summed E-state index contributed by atoms with van der Waals surface area (Å²) in [7, 11) is 0. The van der Waals surface area contributed by atoms with Gasteiger partial charge in [0, 0.05) is 15.2 Å². The molecule has 24 heavy (non-hydrogen) atoms. The van der Waals surface area contributed by atoms with Gasteiger partial charge in [-0.25, -0.2) is 0 Å². The van der Waals surface area contributed by atoms with Crippen molar-refractivity contribution in [2.75, 3.05) is 11.9 Å². The van der Waals surface area contributed by atoms with Crippen LogP contribution in [0, 0.1) is 12.8 Å². The van der Waals surface area contributed by atoms with Crippen molar-refractivity contribution >= 4 is 39.1 Å². The lowest BCUT2D eigenvalue weighted by molar-refractivity contribution is 0.102. The minimum absolute atomic E-state index is 0.221. The number of halogens is 2. The summed E-state index contributed by atoms with van der Waals surface area (Å²) in [5, 5.41) is 3.49. The number of ether oxygens (including phenoxy) is 1. The Morgan fingerprint density at radius 3 is 2.71 bits per heavy atom. The first kappa shape index (κ1) is 18.8. The molecule has 0 atom stereocenters. The number of anilines is 1. The highest BCUT2D eigenvalue weighted by molar-refractivity contribution is 9.10. The largest absolute Gasteiger partial charge is 0.493 e. The second-order valence-electron chi connectivity index (χ2n) is 6.08. The van der Waals surface area contributed by atoms with Gasteiger partial charge in [-0.1, -0.05) is 47.4 Å². The Morgan fingerprint density at radius 2 is 2.00 bits per heavy atom. The third-order valence-electron chi connectivity index (χ3n) is 3.59. The molecule has 0 saturated heterocycles. The lowest BCUT2D eigenvalue weighted by atomic mass is 10.1. The van der Waals surface area contributed by atoms with E-state index in [0.29, 0.717) is 34.5 Å². The molecule has 0 spiro atoms. The van der Waals surface area contributed by atoms with Gasteiger partial charge in [0.2, 0.25) is 0 Å². The maximum Gasteiger partial charge on any atom is 0.259 e. The fourth-order valence-corrected chi connectivity index (χ4v) is 2.66. The van der Waals surface area contributed by atoms with E-state index in [4.69, 9.17) is 16.3 Å². The fourth-order valence-electron chi connectivity index (χ4n) is 2.13. The molecule has 3 nitrogen and oxygen atoms in total. The van der Waals surface area contributed by atoms with Gasteiger partial charge in [-0.15, -0.1) is 0 Å². The van der Waals surface area contributed by atoms with Crippen LogP contribution in [0.5, 0.6) is 5.75 Å². The van der Waals surface area contributed by atoms with Gasteiger partial charge >= 0.3 is 0 Å². The topological polar surface area (TPSA) is 38.3 Å². The van der Waals surface area contributed by atoms with Crippen LogP contribution in [-0.2, 0) is 0 Å². The summed E-state index contributed by atoms with van der Waals surface area (Å²) in [6.45, 7) is 6.78. The van der Waals surface area contributed by atoms with Crippen LogP contribution in [0.2, 0.25) is 5.02 Å². The van der Waals surface area contributed by atoms with E-state index in [1.165, 1.54) is 0 Å². The smallest absolute Gasteiger partial charge is 0.259 e. The summed E-state index contributed by atoms with van der Waals surface area (Å²) in [6.07, 6.45) is 0.935. The molecule has 0 heterocycles. The molecule has 2 rings (SSSR count). The van der Waals surface area contributed by atoms with Gasteiger partial charge in [-0.2, -0.15) is 0 Å². The molecule has 0 aliphatic carbocycles. The van der Waals surface area contributed by atoms with Crippen molar-refractivity contribution in [3.05, 3.63) is 57.0 Å². The average Bonchev–Trinajstić information content (AvgIpc) is 2.52. The van der Waals surface area contributed by atoms with Crippen LogP contribution in [0.1, 0.15) is 36.2 Å². The van der Waals surface area contributed by atoms with Gasteiger partial charge in [0.05, 0.1) is 12.2 Å². The number of nitrogens with one attached hydrogen (secondary N) is 1. The molecule has 0 unspecified atom stereocenters. The lowest BCUT2D eigenvalue weighted by Gasteiger charge is -2.14. The van der Waals surface area contributed by atoms with Crippen molar-refractivity contribution in [2.24, 2.45) is 5.92 Å². The quantitative estimate of drug-likeness (QED) is 0.626. The van der Waals surface area contributed by atoms with Crippen LogP contribution in [0.4, 0.5) is 5.69 Å². The summed E-state index contributed by atoms with van der Waals surface area (Å²) in [5.41, 5.74) is 2.14. The highest BCUT2D eigenvalue weighted by atomic mass is 79.9. The van der Waals surface area contributed by atoms with E-state index in [2.05, 4.69) is 35.1 Å². The van der Waals surface area contributed by atoms with E-state index in [1.54, 1.807) is 18.2 Å². The second kappa shape index (κ2) is 8.54. The lowest BCUT2D eigenvalue weighted by Crippen LogP contribution is -2.15. The molecule has 1 N–H and O–H groups in total. The second-order valence-corrected chi connectivity index (χ2v) is 7.44. The Balaban J connectivity index is 2.21. The SMILES string of the molecule is Cc1ccc(Cl)cc1NC(=O)c1cc(Br)ccc1OCCC(C)C. The summed E-state index contributed by atoms with van der Waals surface area (Å²) < 4.78 is 6.63. The summed E-state index contributed by atoms with van der Waals surface area (Å²) in [4.78, 5) is 12.7. The van der Waals surface area contributed by atoms with Crippen LogP contribution < -0.4 is 10.1 Å². The number of carbonyl (C=O) groups is 1. The zero-order valence-electron chi connectivity index (χ0n) is 14.0. The zero-order chi connectivity index (χ0) is 17.7. The number of amides is 1. The molecule has 0 aliphatic rings. The minimum atomic E-state index is -0.221. The summed E-state index contributed by atoms with van der Waals surface area (Å²) >= 11 is 9.43. The molecule has 1 amide bonds. The predicted octanol–water partition coefficient (Wildman–Crippen LogP) is 6.09. The van der Waals surface area contributed by atoms with E-state index in [0.717, 1.165) is 16.5 Å². The molecule has 0 saturated carbocycles. The van der Waals surface area contributed by atoms with Crippen molar-refractivity contribution in [2.45, 2.75) is 27.2 Å². The number of benzene rings is 2. The van der Waals surface area contributed by atoms with Crippen LogP contribution in [-0.4, -0.2) is 12.5 Å². The van der Waals surface area contributed by atoms with Crippen LogP contribution in [0.25, 0.3) is 0 Å². The Kier molecular flexibility index (Phi) is 6.69. The summed E-state index contributed by atoms with van der Waals surface area (Å²) in [6, 6.07) is 10.9. The maximum absolute atomic E-state index is 12.7. The Bertz CT molecular complexity index is 731. The molecule has 0 fully saturated rings. The third-order valence-corrected chi connectivity index (χ3v) is 4.32. The van der Waals surface area contributed by atoms with Gasteiger partial charge < -0.3 is 10.1 Å². The average molecular weight is 411 g/mol. The van der Waals surface area contributed by atoms with Crippen molar-refractivity contribution in [3.63, 3.8) is 0 Å². The highest BCUT2D eigenvalue weighted by Gasteiger charge is 2.15. The number of hydrogen-bond acceptors (Lipinski definition) is 2. The van der Waals surface area contributed by atoms with E-state index < -0.39 is 0 Å². The zero-order valence-corrected chi connectivity index (χ0v) is 16.4. The number of rotatable bonds is 6. The van der Waals surface area contributed by atoms with Gasteiger partial charge in [0.1, 0.15) is 5.75 Å². The number of hydrogen-bond donors (Lipinski definition) is 1. The standard InChI is InChI=1S/C19H21BrClNO2/c1-12(2)8-9-24-18-7-5-14(20)10-16(18)19(23)22-17-11-15(21)6-4-13(17)3/h4-7,10-12H,8-9H2,1-3H3,(H,22,23). The van der Waals surface area contributed by atoms with Crippen LogP contribution in [0.3, 0.4) is 0 Å². The van der Waals surface area contributed by atoms with E-state index in [9.17, 15) is 4.79 Å². The van der Waals surface area contributed by atoms with Gasteiger partial charge in [-0.05, 0) is 55.2 Å².